The van der Waals surface area contributed by atoms with Gasteiger partial charge in [0.1, 0.15) is 5.75 Å². The molecular formula is C20H23N3O3S. The van der Waals surface area contributed by atoms with Gasteiger partial charge in [-0.05, 0) is 68.0 Å². The van der Waals surface area contributed by atoms with Gasteiger partial charge in [-0.25, -0.2) is 4.79 Å². The van der Waals surface area contributed by atoms with Gasteiger partial charge in [0.05, 0.1) is 12.1 Å². The van der Waals surface area contributed by atoms with Crippen molar-refractivity contribution in [1.29, 1.82) is 0 Å². The van der Waals surface area contributed by atoms with Crippen molar-refractivity contribution < 1.29 is 14.3 Å². The van der Waals surface area contributed by atoms with Gasteiger partial charge in [-0.1, -0.05) is 0 Å². The Balaban J connectivity index is 1.31. The van der Waals surface area contributed by atoms with Crippen LogP contribution in [0.5, 0.6) is 5.75 Å². The number of ether oxygens (including phenoxy) is 1. The van der Waals surface area contributed by atoms with E-state index in [4.69, 9.17) is 4.74 Å². The average molecular weight is 385 g/mol. The van der Waals surface area contributed by atoms with E-state index in [0.717, 1.165) is 48.5 Å². The monoisotopic (exact) mass is 385 g/mol. The van der Waals surface area contributed by atoms with Crippen LogP contribution >= 0.6 is 11.3 Å². The molecule has 0 aliphatic heterocycles. The maximum atomic E-state index is 12.3. The molecule has 0 saturated heterocycles. The molecule has 6 nitrogen and oxygen atoms in total. The van der Waals surface area contributed by atoms with E-state index in [2.05, 4.69) is 22.0 Å². The normalized spacial score (nSPS) is 18.3. The van der Waals surface area contributed by atoms with Crippen molar-refractivity contribution in [3.8, 4) is 5.75 Å². The number of urea groups is 1. The number of methoxy groups -OCH3 is 1. The maximum absolute atomic E-state index is 12.3. The quantitative estimate of drug-likeness (QED) is 0.733. The van der Waals surface area contributed by atoms with Gasteiger partial charge in [0.2, 0.25) is 5.91 Å². The number of nitrogens with one attached hydrogen (secondary N) is 3. The summed E-state index contributed by atoms with van der Waals surface area (Å²) in [6.07, 6.45) is 4.63. The molecule has 1 fully saturated rings. The van der Waals surface area contributed by atoms with Crippen molar-refractivity contribution in [2.24, 2.45) is 5.92 Å². The van der Waals surface area contributed by atoms with Crippen LogP contribution in [0.3, 0.4) is 0 Å². The fourth-order valence-electron chi connectivity index (χ4n) is 3.30. The van der Waals surface area contributed by atoms with E-state index in [1.54, 1.807) is 18.4 Å². The van der Waals surface area contributed by atoms with Crippen molar-refractivity contribution >= 4 is 34.0 Å². The number of carbonyl (C=O) groups is 2. The summed E-state index contributed by atoms with van der Waals surface area (Å²) in [5.74, 6) is 1.10. The number of fused-ring (bicyclic) bond motifs is 1. The highest BCUT2D eigenvalue weighted by atomic mass is 32.1. The van der Waals surface area contributed by atoms with Gasteiger partial charge in [0.15, 0.2) is 0 Å². The van der Waals surface area contributed by atoms with Crippen LogP contribution in [0.1, 0.15) is 29.7 Å². The Bertz CT molecular complexity index is 843. The molecule has 1 aromatic heterocycles. The molecular weight excluding hydrogens is 362 g/mol. The third-order valence-corrected chi connectivity index (χ3v) is 6.11. The summed E-state index contributed by atoms with van der Waals surface area (Å²) in [5, 5.41) is 9.87. The third kappa shape index (κ3) is 4.42. The summed E-state index contributed by atoms with van der Waals surface area (Å²) in [6.45, 7) is 0. The van der Waals surface area contributed by atoms with E-state index in [-0.39, 0.29) is 23.9 Å². The summed E-state index contributed by atoms with van der Waals surface area (Å²) >= 11 is 1.66. The van der Waals surface area contributed by atoms with Crippen molar-refractivity contribution in [2.45, 2.75) is 38.1 Å². The van der Waals surface area contributed by atoms with Gasteiger partial charge in [0, 0.05) is 22.5 Å². The van der Waals surface area contributed by atoms with Crippen LogP contribution in [0.15, 0.2) is 30.3 Å². The summed E-state index contributed by atoms with van der Waals surface area (Å²) in [7, 11) is 1.61. The van der Waals surface area contributed by atoms with Crippen LogP contribution < -0.4 is 20.7 Å². The Morgan fingerprint density at radius 3 is 2.59 bits per heavy atom. The Morgan fingerprint density at radius 1 is 1.11 bits per heavy atom. The Kier molecular flexibility index (Phi) is 5.03. The van der Waals surface area contributed by atoms with E-state index >= 15 is 0 Å². The predicted octanol–water partition coefficient (Wildman–Crippen LogP) is 3.78. The standard InChI is InChI=1S/C20H23N3O3S/c1-26-16-7-4-14(5-8-16)21-20(25)22-15-6-9-17-13(10-15)11-18(27-17)23-19(24)12-2-3-12/h4-5,7-8,11-12,15H,2-3,6,9-10H2,1H3,(H,23,24)(H2,21,22,25). The lowest BCUT2D eigenvalue weighted by atomic mass is 9.94. The first-order chi connectivity index (χ1) is 13.1. The fraction of sp³-hybridized carbons (Fsp3) is 0.400. The molecule has 4 rings (SSSR count). The second-order valence-electron chi connectivity index (χ2n) is 7.09. The fourth-order valence-corrected chi connectivity index (χ4v) is 4.42. The van der Waals surface area contributed by atoms with E-state index in [1.807, 2.05) is 24.3 Å². The minimum atomic E-state index is -0.203. The second-order valence-corrected chi connectivity index (χ2v) is 8.23. The van der Waals surface area contributed by atoms with Crippen LogP contribution in [0, 0.1) is 5.92 Å². The third-order valence-electron chi connectivity index (χ3n) is 4.96. The van der Waals surface area contributed by atoms with Gasteiger partial charge in [0.25, 0.3) is 0 Å². The van der Waals surface area contributed by atoms with Crippen molar-refractivity contribution in [1.82, 2.24) is 5.32 Å². The maximum Gasteiger partial charge on any atom is 0.319 e. The lowest BCUT2D eigenvalue weighted by molar-refractivity contribution is -0.117. The molecule has 3 amide bonds. The summed E-state index contributed by atoms with van der Waals surface area (Å²) in [4.78, 5) is 25.5. The number of anilines is 2. The highest BCUT2D eigenvalue weighted by molar-refractivity contribution is 7.16. The molecule has 0 radical (unpaired) electrons. The topological polar surface area (TPSA) is 79.5 Å². The molecule has 1 atom stereocenters. The molecule has 2 aliphatic rings. The van der Waals surface area contributed by atoms with Crippen molar-refractivity contribution in [3.05, 3.63) is 40.8 Å². The summed E-state index contributed by atoms with van der Waals surface area (Å²) < 4.78 is 5.12. The lowest BCUT2D eigenvalue weighted by Crippen LogP contribution is -2.40. The van der Waals surface area contributed by atoms with Gasteiger partial charge in [-0.15, -0.1) is 11.3 Å². The van der Waals surface area contributed by atoms with Crippen LogP contribution in [0.4, 0.5) is 15.5 Å². The molecule has 3 N–H and O–H groups in total. The zero-order valence-corrected chi connectivity index (χ0v) is 16.0. The second kappa shape index (κ2) is 7.60. The minimum absolute atomic E-state index is 0.0948. The highest BCUT2D eigenvalue weighted by Gasteiger charge is 2.30. The van der Waals surface area contributed by atoms with Crippen molar-refractivity contribution in [2.75, 3.05) is 17.7 Å². The van der Waals surface area contributed by atoms with Crippen molar-refractivity contribution in [3.63, 3.8) is 0 Å². The molecule has 2 aromatic rings. The van der Waals surface area contributed by atoms with Gasteiger partial charge in [-0.3, -0.25) is 4.79 Å². The van der Waals surface area contributed by atoms with E-state index < -0.39 is 0 Å². The number of carbonyl (C=O) groups excluding carboxylic acids is 2. The Hall–Kier alpha value is -2.54. The van der Waals surface area contributed by atoms with E-state index in [1.165, 1.54) is 10.4 Å². The van der Waals surface area contributed by atoms with Gasteiger partial charge >= 0.3 is 6.03 Å². The lowest BCUT2D eigenvalue weighted by Gasteiger charge is -2.23. The smallest absolute Gasteiger partial charge is 0.319 e. The number of benzene rings is 1. The largest absolute Gasteiger partial charge is 0.497 e. The predicted molar refractivity (Wildman–Crippen MR) is 107 cm³/mol. The van der Waals surface area contributed by atoms with Crippen LogP contribution in [-0.4, -0.2) is 25.1 Å². The number of thiophene rings is 1. The summed E-state index contributed by atoms with van der Waals surface area (Å²) in [5.41, 5.74) is 1.96. The van der Waals surface area contributed by atoms with E-state index in [9.17, 15) is 9.59 Å². The molecule has 1 aromatic carbocycles. The molecule has 1 saturated carbocycles. The molecule has 1 heterocycles. The molecule has 0 bridgehead atoms. The first kappa shape index (κ1) is 17.9. The van der Waals surface area contributed by atoms with Crippen LogP contribution in [-0.2, 0) is 17.6 Å². The molecule has 142 valence electrons. The minimum Gasteiger partial charge on any atom is -0.497 e. The molecule has 27 heavy (non-hydrogen) atoms. The number of amides is 3. The average Bonchev–Trinajstić information content (AvgIpc) is 3.43. The SMILES string of the molecule is COc1ccc(NC(=O)NC2CCc3sc(NC(=O)C4CC4)cc3C2)cc1. The molecule has 0 spiro atoms. The zero-order valence-electron chi connectivity index (χ0n) is 15.2. The number of hydrogen-bond acceptors (Lipinski definition) is 4. The van der Waals surface area contributed by atoms with Gasteiger partial charge in [-0.2, -0.15) is 0 Å². The molecule has 2 aliphatic carbocycles. The number of aryl methyl sites for hydroxylation is 1. The Morgan fingerprint density at radius 2 is 1.89 bits per heavy atom. The number of hydrogen-bond donors (Lipinski definition) is 3. The van der Waals surface area contributed by atoms with E-state index in [0.29, 0.717) is 0 Å². The Labute approximate surface area is 162 Å². The first-order valence-corrected chi connectivity index (χ1v) is 10.1. The highest BCUT2D eigenvalue weighted by Crippen LogP contribution is 2.35. The first-order valence-electron chi connectivity index (χ1n) is 9.25. The summed E-state index contributed by atoms with van der Waals surface area (Å²) in [6, 6.07) is 9.20. The molecule has 1 unspecified atom stereocenters. The zero-order chi connectivity index (χ0) is 18.8. The van der Waals surface area contributed by atoms with Gasteiger partial charge < -0.3 is 20.7 Å². The number of rotatable bonds is 5. The molecule has 7 heteroatoms. The van der Waals surface area contributed by atoms with Crippen LogP contribution in [0.25, 0.3) is 0 Å². The van der Waals surface area contributed by atoms with Crippen LogP contribution in [0.2, 0.25) is 0 Å².